The van der Waals surface area contributed by atoms with Crippen LogP contribution in [0.25, 0.3) is 0 Å². The van der Waals surface area contributed by atoms with E-state index in [2.05, 4.69) is 15.7 Å². The SMILES string of the molecule is Cn1nc2c(c1NC(=O)NC(c1ccccc1)c1ccccc1)CN(C(=O)OC(C)(C)C)CC2. The number of amides is 3. The summed E-state index contributed by atoms with van der Waals surface area (Å²) in [6.45, 7) is 6.38. The molecule has 1 aliphatic rings. The van der Waals surface area contributed by atoms with Crippen LogP contribution in [0.1, 0.15) is 49.2 Å². The number of anilines is 1. The summed E-state index contributed by atoms with van der Waals surface area (Å²) in [6, 6.07) is 19.0. The van der Waals surface area contributed by atoms with Crippen molar-refractivity contribution in [3.05, 3.63) is 83.0 Å². The third-order valence-electron chi connectivity index (χ3n) is 5.62. The number of rotatable bonds is 4. The van der Waals surface area contributed by atoms with Gasteiger partial charge in [-0.05, 0) is 31.9 Å². The van der Waals surface area contributed by atoms with Gasteiger partial charge in [0.1, 0.15) is 11.4 Å². The quantitative estimate of drug-likeness (QED) is 0.593. The van der Waals surface area contributed by atoms with Crippen molar-refractivity contribution >= 4 is 17.9 Å². The number of urea groups is 1. The highest BCUT2D eigenvalue weighted by atomic mass is 16.6. The molecule has 0 unspecified atom stereocenters. The van der Waals surface area contributed by atoms with Gasteiger partial charge >= 0.3 is 12.1 Å². The second-order valence-corrected chi connectivity index (χ2v) is 9.40. The van der Waals surface area contributed by atoms with Crippen molar-refractivity contribution in [3.63, 3.8) is 0 Å². The van der Waals surface area contributed by atoms with Gasteiger partial charge in [0.25, 0.3) is 0 Å². The molecule has 1 aromatic heterocycles. The molecule has 0 atom stereocenters. The van der Waals surface area contributed by atoms with Crippen molar-refractivity contribution < 1.29 is 14.3 Å². The average Bonchev–Trinajstić information content (AvgIpc) is 3.11. The molecule has 0 fully saturated rings. The third kappa shape index (κ3) is 5.39. The van der Waals surface area contributed by atoms with Crippen LogP contribution in [0.2, 0.25) is 0 Å². The van der Waals surface area contributed by atoms with Crippen molar-refractivity contribution in [3.8, 4) is 0 Å². The van der Waals surface area contributed by atoms with Gasteiger partial charge in [0.05, 0.1) is 18.3 Å². The van der Waals surface area contributed by atoms with Gasteiger partial charge in [0, 0.05) is 25.6 Å². The minimum absolute atomic E-state index is 0.315. The summed E-state index contributed by atoms with van der Waals surface area (Å²) in [5.74, 6) is 0.570. The van der Waals surface area contributed by atoms with Gasteiger partial charge in [-0.15, -0.1) is 0 Å². The molecule has 0 bridgehead atoms. The van der Waals surface area contributed by atoms with E-state index < -0.39 is 5.60 Å². The standard InChI is InChI=1S/C26H31N5O3/c1-26(2,3)34-25(33)31-16-15-21-20(17-31)23(30(4)29-21)28-24(32)27-22(18-11-7-5-8-12-18)19-13-9-6-10-14-19/h5-14,22H,15-17H2,1-4H3,(H2,27,28,32). The number of aryl methyl sites for hydroxylation is 1. The molecule has 2 N–H and O–H groups in total. The highest BCUT2D eigenvalue weighted by molar-refractivity contribution is 5.90. The summed E-state index contributed by atoms with van der Waals surface area (Å²) in [4.78, 5) is 27.4. The Labute approximate surface area is 199 Å². The molecular weight excluding hydrogens is 430 g/mol. The fourth-order valence-electron chi connectivity index (χ4n) is 4.06. The zero-order valence-corrected chi connectivity index (χ0v) is 20.0. The second-order valence-electron chi connectivity index (χ2n) is 9.40. The average molecular weight is 462 g/mol. The first-order valence-corrected chi connectivity index (χ1v) is 11.4. The number of nitrogens with one attached hydrogen (secondary N) is 2. The predicted octanol–water partition coefficient (Wildman–Crippen LogP) is 4.62. The molecule has 0 spiro atoms. The number of hydrogen-bond donors (Lipinski definition) is 2. The zero-order valence-electron chi connectivity index (χ0n) is 20.0. The number of nitrogens with zero attached hydrogens (tertiary/aromatic N) is 3. The molecule has 0 radical (unpaired) electrons. The van der Waals surface area contributed by atoms with Gasteiger partial charge in [-0.2, -0.15) is 5.10 Å². The molecule has 8 nitrogen and oxygen atoms in total. The molecule has 0 saturated carbocycles. The lowest BCUT2D eigenvalue weighted by Crippen LogP contribution is -2.40. The summed E-state index contributed by atoms with van der Waals surface area (Å²) in [5, 5.41) is 10.6. The number of benzene rings is 2. The minimum atomic E-state index is -0.572. The Morgan fingerprint density at radius 1 is 1.00 bits per heavy atom. The Morgan fingerprint density at radius 3 is 2.15 bits per heavy atom. The third-order valence-corrected chi connectivity index (χ3v) is 5.62. The van der Waals surface area contributed by atoms with Crippen molar-refractivity contribution in [2.24, 2.45) is 7.05 Å². The van der Waals surface area contributed by atoms with E-state index in [4.69, 9.17) is 4.74 Å². The van der Waals surface area contributed by atoms with Gasteiger partial charge in [0.15, 0.2) is 0 Å². The Bertz CT molecular complexity index is 1110. The highest BCUT2D eigenvalue weighted by Crippen LogP contribution is 2.28. The number of carbonyl (C=O) groups is 2. The van der Waals surface area contributed by atoms with Crippen LogP contribution in [0.3, 0.4) is 0 Å². The molecule has 3 aromatic rings. The van der Waals surface area contributed by atoms with Gasteiger partial charge < -0.3 is 15.0 Å². The maximum Gasteiger partial charge on any atom is 0.410 e. The van der Waals surface area contributed by atoms with Crippen LogP contribution >= 0.6 is 0 Å². The summed E-state index contributed by atoms with van der Waals surface area (Å²) in [7, 11) is 1.79. The van der Waals surface area contributed by atoms with Gasteiger partial charge in [-0.3, -0.25) is 10.00 Å². The summed E-state index contributed by atoms with van der Waals surface area (Å²) in [6.07, 6.45) is 0.230. The fraction of sp³-hybridized carbons (Fsp3) is 0.346. The predicted molar refractivity (Wildman–Crippen MR) is 130 cm³/mol. The van der Waals surface area contributed by atoms with Gasteiger partial charge in [0.2, 0.25) is 0 Å². The molecule has 34 heavy (non-hydrogen) atoms. The first kappa shape index (κ1) is 23.4. The van der Waals surface area contributed by atoms with Crippen LogP contribution in [-0.4, -0.2) is 39.0 Å². The maximum atomic E-state index is 13.1. The summed E-state index contributed by atoms with van der Waals surface area (Å²) in [5.41, 5.74) is 3.09. The molecule has 0 saturated heterocycles. The molecule has 178 valence electrons. The topological polar surface area (TPSA) is 88.5 Å². The molecular formula is C26H31N5O3. The normalized spacial score (nSPS) is 13.4. The molecule has 3 amide bonds. The number of aromatic nitrogens is 2. The van der Waals surface area contributed by atoms with E-state index in [0.717, 1.165) is 22.4 Å². The first-order valence-electron chi connectivity index (χ1n) is 11.4. The molecule has 2 aromatic carbocycles. The highest BCUT2D eigenvalue weighted by Gasteiger charge is 2.30. The van der Waals surface area contributed by atoms with Crippen LogP contribution in [0, 0.1) is 0 Å². The van der Waals surface area contributed by atoms with Gasteiger partial charge in [-0.25, -0.2) is 9.59 Å². The fourth-order valence-corrected chi connectivity index (χ4v) is 4.06. The van der Waals surface area contributed by atoms with E-state index in [1.54, 1.807) is 16.6 Å². The first-order chi connectivity index (χ1) is 16.2. The van der Waals surface area contributed by atoms with Crippen molar-refractivity contribution in [2.75, 3.05) is 11.9 Å². The van der Waals surface area contributed by atoms with Crippen molar-refractivity contribution in [2.45, 2.75) is 45.4 Å². The van der Waals surface area contributed by atoms with Crippen LogP contribution in [0.15, 0.2) is 60.7 Å². The largest absolute Gasteiger partial charge is 0.444 e. The molecule has 4 rings (SSSR count). The summed E-state index contributed by atoms with van der Waals surface area (Å²) < 4.78 is 7.19. The van der Waals surface area contributed by atoms with E-state index >= 15 is 0 Å². The Balaban J connectivity index is 1.53. The molecule has 0 aliphatic carbocycles. The maximum absolute atomic E-state index is 13.1. The Hall–Kier alpha value is -3.81. The lowest BCUT2D eigenvalue weighted by molar-refractivity contribution is 0.0224. The van der Waals surface area contributed by atoms with Crippen molar-refractivity contribution in [1.82, 2.24) is 20.0 Å². The van der Waals surface area contributed by atoms with Crippen LogP contribution in [-0.2, 0) is 24.8 Å². The van der Waals surface area contributed by atoms with Crippen LogP contribution < -0.4 is 10.6 Å². The Kier molecular flexibility index (Phi) is 6.58. The number of carbonyl (C=O) groups excluding carboxylic acids is 2. The molecule has 1 aliphatic heterocycles. The van der Waals surface area contributed by atoms with E-state index in [-0.39, 0.29) is 18.2 Å². The molecule has 2 heterocycles. The summed E-state index contributed by atoms with van der Waals surface area (Å²) >= 11 is 0. The van der Waals surface area contributed by atoms with E-state index in [1.807, 2.05) is 81.4 Å². The minimum Gasteiger partial charge on any atom is -0.444 e. The van der Waals surface area contributed by atoms with Crippen molar-refractivity contribution in [1.29, 1.82) is 0 Å². The van der Waals surface area contributed by atoms with Crippen LogP contribution in [0.4, 0.5) is 15.4 Å². The lowest BCUT2D eigenvalue weighted by atomic mass is 9.99. The lowest BCUT2D eigenvalue weighted by Gasteiger charge is -2.30. The second kappa shape index (κ2) is 9.59. The number of ether oxygens (including phenoxy) is 1. The van der Waals surface area contributed by atoms with E-state index in [1.165, 1.54) is 0 Å². The monoisotopic (exact) mass is 461 g/mol. The van der Waals surface area contributed by atoms with Gasteiger partial charge in [-0.1, -0.05) is 60.7 Å². The number of fused-ring (bicyclic) bond motifs is 1. The van der Waals surface area contributed by atoms with Crippen LogP contribution in [0.5, 0.6) is 0 Å². The Morgan fingerprint density at radius 2 is 1.59 bits per heavy atom. The molecule has 8 heteroatoms. The van der Waals surface area contributed by atoms with E-state index in [9.17, 15) is 9.59 Å². The zero-order chi connectivity index (χ0) is 24.3. The number of hydrogen-bond acceptors (Lipinski definition) is 4. The van der Waals surface area contributed by atoms with E-state index in [0.29, 0.717) is 25.3 Å². The smallest absolute Gasteiger partial charge is 0.410 e.